The molecule has 1 amide bonds. The quantitative estimate of drug-likeness (QED) is 0.219. The van der Waals surface area contributed by atoms with E-state index in [0.717, 1.165) is 5.56 Å². The zero-order valence-corrected chi connectivity index (χ0v) is 22.7. The summed E-state index contributed by atoms with van der Waals surface area (Å²) in [7, 11) is 1.54. The van der Waals surface area contributed by atoms with Gasteiger partial charge >= 0.3 is 0 Å². The van der Waals surface area contributed by atoms with Crippen molar-refractivity contribution in [3.05, 3.63) is 105 Å². The second kappa shape index (κ2) is 11.2. The largest absolute Gasteiger partial charge is 0.345 e. The SMILES string of the molecule is O=C(NCc1nn[nH]n1)c1ccc(Cn2nc(-c3cc(Cl)cc(Cl)c3)cc2-c2ccc(C(F)(F)P)cc2)cc1. The van der Waals surface area contributed by atoms with E-state index < -0.39 is 5.66 Å². The first kappa shape index (κ1) is 26.9. The highest BCUT2D eigenvalue weighted by Gasteiger charge is 2.24. The minimum absolute atomic E-state index is 0.114. The van der Waals surface area contributed by atoms with Crippen LogP contribution in [0.15, 0.2) is 72.8 Å². The molecule has 0 radical (unpaired) electrons. The van der Waals surface area contributed by atoms with Crippen molar-refractivity contribution in [3.8, 4) is 22.5 Å². The Hall–Kier alpha value is -3.72. The Balaban J connectivity index is 1.43. The number of alkyl halides is 2. The number of halogens is 4. The molecule has 39 heavy (non-hydrogen) atoms. The maximum Gasteiger partial charge on any atom is 0.283 e. The Labute approximate surface area is 233 Å². The Morgan fingerprint density at radius 3 is 2.28 bits per heavy atom. The van der Waals surface area contributed by atoms with Gasteiger partial charge < -0.3 is 5.32 Å². The van der Waals surface area contributed by atoms with Gasteiger partial charge in [-0.05, 0) is 47.5 Å². The summed E-state index contributed by atoms with van der Waals surface area (Å²) in [5.41, 5.74) is 0.947. The van der Waals surface area contributed by atoms with Crippen molar-refractivity contribution in [2.45, 2.75) is 18.8 Å². The zero-order valence-electron chi connectivity index (χ0n) is 20.1. The van der Waals surface area contributed by atoms with E-state index in [1.165, 1.54) is 12.1 Å². The number of carbonyl (C=O) groups is 1. The van der Waals surface area contributed by atoms with E-state index >= 15 is 0 Å². The van der Waals surface area contributed by atoms with Crippen LogP contribution in [0.2, 0.25) is 10.0 Å². The number of hydrogen-bond donors (Lipinski definition) is 2. The van der Waals surface area contributed by atoms with E-state index in [1.54, 1.807) is 56.4 Å². The van der Waals surface area contributed by atoms with Crippen LogP contribution in [-0.2, 0) is 18.8 Å². The molecule has 0 spiro atoms. The highest BCUT2D eigenvalue weighted by Crippen LogP contribution is 2.36. The molecule has 0 fully saturated rings. The molecule has 198 valence electrons. The van der Waals surface area contributed by atoms with Gasteiger partial charge in [-0.15, -0.1) is 10.2 Å². The van der Waals surface area contributed by atoms with Crippen LogP contribution in [0.5, 0.6) is 0 Å². The first-order valence-corrected chi connectivity index (χ1v) is 12.9. The summed E-state index contributed by atoms with van der Waals surface area (Å²) in [6, 6.07) is 20.1. The van der Waals surface area contributed by atoms with Gasteiger partial charge in [-0.2, -0.15) is 19.1 Å². The van der Waals surface area contributed by atoms with Crippen molar-refractivity contribution < 1.29 is 13.6 Å². The number of nitrogens with one attached hydrogen (secondary N) is 2. The molecule has 0 saturated carbocycles. The third-order valence-electron chi connectivity index (χ3n) is 5.85. The summed E-state index contributed by atoms with van der Waals surface area (Å²) < 4.78 is 29.3. The average Bonchev–Trinajstić information content (AvgIpc) is 3.57. The smallest absolute Gasteiger partial charge is 0.283 e. The predicted octanol–water partition coefficient (Wildman–Crippen LogP) is 5.94. The van der Waals surface area contributed by atoms with Gasteiger partial charge in [0.15, 0.2) is 5.82 Å². The lowest BCUT2D eigenvalue weighted by Gasteiger charge is -2.12. The number of nitrogens with zero attached hydrogens (tertiary/aromatic N) is 5. The highest BCUT2D eigenvalue weighted by molar-refractivity contribution is 7.17. The van der Waals surface area contributed by atoms with Gasteiger partial charge in [0, 0.05) is 26.7 Å². The molecule has 1 unspecified atom stereocenters. The van der Waals surface area contributed by atoms with Gasteiger partial charge in [-0.1, -0.05) is 74.1 Å². The lowest BCUT2D eigenvalue weighted by Crippen LogP contribution is -2.23. The van der Waals surface area contributed by atoms with Crippen LogP contribution < -0.4 is 5.32 Å². The first-order valence-electron chi connectivity index (χ1n) is 11.6. The van der Waals surface area contributed by atoms with Crippen molar-refractivity contribution in [2.75, 3.05) is 0 Å². The van der Waals surface area contributed by atoms with E-state index in [2.05, 4.69) is 25.9 Å². The molecular weight excluding hydrogens is 566 g/mol. The van der Waals surface area contributed by atoms with E-state index in [0.29, 0.717) is 50.5 Å². The molecule has 0 aliphatic rings. The van der Waals surface area contributed by atoms with Crippen molar-refractivity contribution in [2.24, 2.45) is 0 Å². The fraction of sp³-hybridized carbons (Fsp3) is 0.115. The number of hydrogen-bond acceptors (Lipinski definition) is 5. The number of aromatic amines is 1. The van der Waals surface area contributed by atoms with Gasteiger partial charge in [0.2, 0.25) is 0 Å². The molecule has 0 bridgehead atoms. The molecule has 2 aromatic heterocycles. The number of aromatic nitrogens is 6. The highest BCUT2D eigenvalue weighted by atomic mass is 35.5. The fourth-order valence-corrected chi connectivity index (χ4v) is 4.65. The number of benzene rings is 3. The molecule has 8 nitrogen and oxygen atoms in total. The number of H-pyrrole nitrogens is 1. The molecule has 5 rings (SSSR count). The Kier molecular flexibility index (Phi) is 7.70. The van der Waals surface area contributed by atoms with E-state index in [-0.39, 0.29) is 18.0 Å². The van der Waals surface area contributed by atoms with E-state index in [1.807, 2.05) is 18.2 Å². The number of carbonyl (C=O) groups excluding carboxylic acids is 1. The molecule has 1 atom stereocenters. The second-order valence-corrected chi connectivity index (χ2v) is 10.2. The van der Waals surface area contributed by atoms with Crippen molar-refractivity contribution >= 4 is 38.3 Å². The summed E-state index contributed by atoms with van der Waals surface area (Å²) in [4.78, 5) is 12.5. The van der Waals surface area contributed by atoms with Crippen LogP contribution in [0.1, 0.15) is 27.3 Å². The lowest BCUT2D eigenvalue weighted by molar-refractivity contribution is 0.0949. The van der Waals surface area contributed by atoms with Crippen LogP contribution >= 0.6 is 32.4 Å². The minimum Gasteiger partial charge on any atom is -0.345 e. The topological polar surface area (TPSA) is 101 Å². The first-order chi connectivity index (χ1) is 18.7. The molecule has 3 aromatic carbocycles. The van der Waals surface area contributed by atoms with Gasteiger partial charge in [-0.3, -0.25) is 9.48 Å². The summed E-state index contributed by atoms with van der Waals surface area (Å²) in [5.74, 6) is 0.0923. The fourth-order valence-electron chi connectivity index (χ4n) is 3.93. The molecule has 13 heteroatoms. The van der Waals surface area contributed by atoms with Gasteiger partial charge in [0.1, 0.15) is 0 Å². The maximum atomic E-state index is 13.7. The predicted molar refractivity (Wildman–Crippen MR) is 148 cm³/mol. The monoisotopic (exact) mass is 585 g/mol. The normalized spacial score (nSPS) is 11.5. The molecular formula is C26H20Cl2F2N7OP. The summed E-state index contributed by atoms with van der Waals surface area (Å²) >= 11 is 12.4. The molecule has 0 aliphatic heterocycles. The van der Waals surface area contributed by atoms with Crippen LogP contribution in [0.3, 0.4) is 0 Å². The molecule has 2 N–H and O–H groups in total. The van der Waals surface area contributed by atoms with Crippen LogP contribution in [0, 0.1) is 0 Å². The van der Waals surface area contributed by atoms with Gasteiger partial charge in [0.05, 0.1) is 24.5 Å². The van der Waals surface area contributed by atoms with Gasteiger partial charge in [0.25, 0.3) is 11.6 Å². The summed E-state index contributed by atoms with van der Waals surface area (Å²) in [6.45, 7) is 0.501. The number of tetrazole rings is 1. The van der Waals surface area contributed by atoms with Gasteiger partial charge in [-0.25, -0.2) is 0 Å². The summed E-state index contributed by atoms with van der Waals surface area (Å²) in [5, 5.41) is 21.8. The van der Waals surface area contributed by atoms with Crippen molar-refractivity contribution in [3.63, 3.8) is 0 Å². The molecule has 0 saturated heterocycles. The Bertz CT molecular complexity index is 1580. The van der Waals surface area contributed by atoms with Crippen molar-refractivity contribution in [1.29, 1.82) is 0 Å². The van der Waals surface area contributed by atoms with Crippen LogP contribution in [0.25, 0.3) is 22.5 Å². The summed E-state index contributed by atoms with van der Waals surface area (Å²) in [6.07, 6.45) is 0. The third-order valence-corrected chi connectivity index (χ3v) is 6.62. The average molecular weight is 586 g/mol. The maximum absolute atomic E-state index is 13.7. The minimum atomic E-state index is -3.03. The lowest BCUT2D eigenvalue weighted by atomic mass is 10.1. The zero-order chi connectivity index (χ0) is 27.6. The third kappa shape index (κ3) is 6.47. The Morgan fingerprint density at radius 2 is 1.67 bits per heavy atom. The molecule has 2 heterocycles. The second-order valence-electron chi connectivity index (χ2n) is 8.64. The van der Waals surface area contributed by atoms with Crippen LogP contribution in [-0.4, -0.2) is 36.3 Å². The van der Waals surface area contributed by atoms with E-state index in [4.69, 9.17) is 28.3 Å². The Morgan fingerprint density at radius 1 is 0.974 bits per heavy atom. The number of rotatable bonds is 8. The van der Waals surface area contributed by atoms with Crippen LogP contribution in [0.4, 0.5) is 8.78 Å². The van der Waals surface area contributed by atoms with E-state index in [9.17, 15) is 13.6 Å². The molecule has 0 aliphatic carbocycles. The standard InChI is InChI=1S/C26H20Cl2F2N7OP/c27-20-9-18(10-21(28)11-20)22-12-23(16-5-7-19(8-6-16)26(29,30)39)37(34-22)14-15-1-3-17(4-2-15)25(38)31-13-24-32-35-36-33-24/h1-12H,13-14,39H2,(H,31,38)(H,32,33,35,36). The van der Waals surface area contributed by atoms with Crippen molar-refractivity contribution in [1.82, 2.24) is 35.7 Å². The number of amides is 1. The molecule has 5 aromatic rings.